The van der Waals surface area contributed by atoms with Crippen molar-refractivity contribution in [1.29, 1.82) is 0 Å². The van der Waals surface area contributed by atoms with Crippen molar-refractivity contribution in [2.45, 2.75) is 89.1 Å². The maximum absolute atomic E-state index is 14.6. The third-order valence-electron chi connectivity index (χ3n) is 10.8. The van der Waals surface area contributed by atoms with Crippen LogP contribution in [0.2, 0.25) is 0 Å². The van der Waals surface area contributed by atoms with Crippen LogP contribution in [0.25, 0.3) is 0 Å². The molecule has 42 heavy (non-hydrogen) atoms. The van der Waals surface area contributed by atoms with E-state index in [0.29, 0.717) is 11.8 Å². The minimum atomic E-state index is 0.272. The maximum Gasteiger partial charge on any atom is 0.193 e. The third kappa shape index (κ3) is 7.35. The number of carbonyl (C=O) groups excluding carboxylic acids is 1. The van der Waals surface area contributed by atoms with E-state index in [-0.39, 0.29) is 5.78 Å². The molecular weight excluding hydrogens is 516 g/mol. The van der Waals surface area contributed by atoms with Gasteiger partial charge in [-0.05, 0) is 73.9 Å². The van der Waals surface area contributed by atoms with Crippen LogP contribution in [0.3, 0.4) is 0 Å². The molecule has 0 N–H and O–H groups in total. The van der Waals surface area contributed by atoms with Crippen LogP contribution in [0, 0.1) is 0 Å². The Kier molecular flexibility index (Phi) is 10.1. The summed E-state index contributed by atoms with van der Waals surface area (Å²) < 4.78 is 0. The summed E-state index contributed by atoms with van der Waals surface area (Å²) in [6.45, 7) is 11.1. The van der Waals surface area contributed by atoms with Crippen LogP contribution < -0.4 is 0 Å². The monoisotopic (exact) mass is 570 g/mol. The molecule has 2 aliphatic carbocycles. The number of hydrogen-bond donors (Lipinski definition) is 0. The molecule has 2 heterocycles. The summed E-state index contributed by atoms with van der Waals surface area (Å²) >= 11 is 0. The lowest BCUT2D eigenvalue weighted by Gasteiger charge is -2.33. The van der Waals surface area contributed by atoms with Crippen LogP contribution in [0.5, 0.6) is 0 Å². The first kappa shape index (κ1) is 30.0. The highest BCUT2D eigenvalue weighted by Crippen LogP contribution is 2.39. The molecule has 2 saturated heterocycles. The van der Waals surface area contributed by atoms with Crippen molar-refractivity contribution in [1.82, 2.24) is 19.6 Å². The standard InChI is InChI=1S/C37H54N4O/c1-38-17-21-40(22-18-38)27-29-13-15-33(35(25-29)31-9-5-3-6-10-31)37(42)34-16-14-30(28-41-23-19-39(2)20-24-41)26-36(34)32-11-7-4-8-12-32/h13-16,25-26,31-32H,3-12,17-24,27-28H2,1-2H3. The van der Waals surface area contributed by atoms with Crippen LogP contribution >= 0.6 is 0 Å². The fraction of sp³-hybridized carbons (Fsp3) is 0.649. The first-order valence-corrected chi connectivity index (χ1v) is 17.2. The van der Waals surface area contributed by atoms with Crippen molar-refractivity contribution in [3.05, 3.63) is 69.8 Å². The van der Waals surface area contributed by atoms with Crippen molar-refractivity contribution in [2.24, 2.45) is 0 Å². The van der Waals surface area contributed by atoms with E-state index in [9.17, 15) is 4.79 Å². The topological polar surface area (TPSA) is 30.0 Å². The molecule has 0 atom stereocenters. The van der Waals surface area contributed by atoms with Gasteiger partial charge in [-0.3, -0.25) is 14.6 Å². The zero-order valence-corrected chi connectivity index (χ0v) is 26.5. The van der Waals surface area contributed by atoms with Crippen LogP contribution in [0.1, 0.15) is 114 Å². The molecule has 0 radical (unpaired) electrons. The highest BCUT2D eigenvalue weighted by molar-refractivity contribution is 6.11. The third-order valence-corrected chi connectivity index (χ3v) is 10.8. The van der Waals surface area contributed by atoms with Crippen molar-refractivity contribution in [3.63, 3.8) is 0 Å². The molecule has 5 nitrogen and oxygen atoms in total. The average Bonchev–Trinajstić information content (AvgIpc) is 3.04. The number of nitrogens with zero attached hydrogens (tertiary/aromatic N) is 4. The van der Waals surface area contributed by atoms with Crippen LogP contribution in [-0.2, 0) is 13.1 Å². The molecule has 6 rings (SSSR count). The number of ketones is 1. The van der Waals surface area contributed by atoms with Crippen molar-refractivity contribution < 1.29 is 4.79 Å². The minimum absolute atomic E-state index is 0.272. The molecule has 0 aromatic heterocycles. The SMILES string of the molecule is CN1CCN(Cc2ccc(C(=O)c3ccc(CN4CCN(C)CC4)cc3C3CCCCC3)c(C3CCCCC3)c2)CC1. The van der Waals surface area contributed by atoms with E-state index in [0.717, 1.165) is 76.6 Å². The molecule has 4 fully saturated rings. The second-order valence-electron chi connectivity index (χ2n) is 14.0. The Bertz CT molecular complexity index is 1090. The number of benzene rings is 2. The number of hydrogen-bond acceptors (Lipinski definition) is 5. The van der Waals surface area contributed by atoms with Crippen molar-refractivity contribution in [2.75, 3.05) is 66.5 Å². The van der Waals surface area contributed by atoms with E-state index >= 15 is 0 Å². The molecule has 2 aliphatic heterocycles. The molecule has 0 spiro atoms. The second kappa shape index (κ2) is 14.2. The molecule has 2 aromatic carbocycles. The molecule has 2 saturated carbocycles. The van der Waals surface area contributed by atoms with Crippen LogP contribution in [0.15, 0.2) is 36.4 Å². The molecule has 5 heteroatoms. The fourth-order valence-corrected chi connectivity index (χ4v) is 8.01. The lowest BCUT2D eigenvalue weighted by molar-refractivity contribution is 0.103. The Morgan fingerprint density at radius 3 is 1.33 bits per heavy atom. The number of carbonyl (C=O) groups is 1. The molecule has 0 bridgehead atoms. The van der Waals surface area contributed by atoms with E-state index in [1.807, 2.05) is 0 Å². The molecule has 4 aliphatic rings. The largest absolute Gasteiger partial charge is 0.304 e. The van der Waals surface area contributed by atoms with E-state index in [4.69, 9.17) is 0 Å². The highest BCUT2D eigenvalue weighted by atomic mass is 16.1. The van der Waals surface area contributed by atoms with Crippen LogP contribution in [0.4, 0.5) is 0 Å². The number of likely N-dealkylation sites (N-methyl/N-ethyl adjacent to an activating group) is 2. The zero-order valence-electron chi connectivity index (χ0n) is 26.5. The number of rotatable bonds is 8. The predicted molar refractivity (Wildman–Crippen MR) is 174 cm³/mol. The van der Waals surface area contributed by atoms with Gasteiger partial charge in [0.2, 0.25) is 0 Å². The molecule has 228 valence electrons. The van der Waals surface area contributed by atoms with Gasteiger partial charge in [-0.25, -0.2) is 0 Å². The van der Waals surface area contributed by atoms with Gasteiger partial charge in [0.25, 0.3) is 0 Å². The van der Waals surface area contributed by atoms with Gasteiger partial charge in [0.1, 0.15) is 0 Å². The first-order chi connectivity index (χ1) is 20.5. The molecule has 0 amide bonds. The summed E-state index contributed by atoms with van der Waals surface area (Å²) in [6, 6.07) is 13.8. The predicted octanol–water partition coefficient (Wildman–Crippen LogP) is 6.51. The van der Waals surface area contributed by atoms with Gasteiger partial charge in [0.15, 0.2) is 5.78 Å². The lowest BCUT2D eigenvalue weighted by Crippen LogP contribution is -2.43. The molecule has 2 aromatic rings. The van der Waals surface area contributed by atoms with Gasteiger partial charge in [-0.2, -0.15) is 0 Å². The van der Waals surface area contributed by atoms with Gasteiger partial charge >= 0.3 is 0 Å². The number of piperazine rings is 2. The van der Waals surface area contributed by atoms with Gasteiger partial charge in [0, 0.05) is 76.6 Å². The molecular formula is C37H54N4O. The highest BCUT2D eigenvalue weighted by Gasteiger charge is 2.28. The van der Waals surface area contributed by atoms with Gasteiger partial charge in [0.05, 0.1) is 0 Å². The molecule has 0 unspecified atom stereocenters. The quantitative estimate of drug-likeness (QED) is 0.338. The van der Waals surface area contributed by atoms with E-state index in [2.05, 4.69) is 70.1 Å². The summed E-state index contributed by atoms with van der Waals surface area (Å²) in [5.41, 5.74) is 7.39. The Balaban J connectivity index is 1.30. The van der Waals surface area contributed by atoms with Gasteiger partial charge in [-0.15, -0.1) is 0 Å². The lowest BCUT2D eigenvalue weighted by atomic mass is 9.77. The smallest absolute Gasteiger partial charge is 0.193 e. The van der Waals surface area contributed by atoms with Gasteiger partial charge in [-0.1, -0.05) is 74.9 Å². The summed E-state index contributed by atoms with van der Waals surface area (Å²) in [6.07, 6.45) is 12.7. The van der Waals surface area contributed by atoms with Crippen molar-refractivity contribution >= 4 is 5.78 Å². The summed E-state index contributed by atoms with van der Waals surface area (Å²) in [7, 11) is 4.44. The first-order valence-electron chi connectivity index (χ1n) is 17.2. The van der Waals surface area contributed by atoms with Crippen LogP contribution in [-0.4, -0.2) is 91.8 Å². The summed E-state index contributed by atoms with van der Waals surface area (Å²) in [5, 5.41) is 0. The van der Waals surface area contributed by atoms with E-state index in [1.165, 1.54) is 86.5 Å². The van der Waals surface area contributed by atoms with Crippen molar-refractivity contribution in [3.8, 4) is 0 Å². The van der Waals surface area contributed by atoms with E-state index < -0.39 is 0 Å². The summed E-state index contributed by atoms with van der Waals surface area (Å²) in [5.74, 6) is 1.30. The normalized spacial score (nSPS) is 22.9. The van der Waals surface area contributed by atoms with E-state index in [1.54, 1.807) is 0 Å². The fourth-order valence-electron chi connectivity index (χ4n) is 8.01. The zero-order chi connectivity index (χ0) is 28.9. The maximum atomic E-state index is 14.6. The minimum Gasteiger partial charge on any atom is -0.304 e. The second-order valence-corrected chi connectivity index (χ2v) is 14.0. The average molecular weight is 571 g/mol. The van der Waals surface area contributed by atoms with Gasteiger partial charge < -0.3 is 9.80 Å². The Morgan fingerprint density at radius 1 is 0.571 bits per heavy atom. The Labute approximate surface area is 255 Å². The summed E-state index contributed by atoms with van der Waals surface area (Å²) in [4.78, 5) is 24.6. The Hall–Kier alpha value is -2.05. The Morgan fingerprint density at radius 2 is 0.952 bits per heavy atom.